The molecule has 2 aromatic heterocycles. The Balaban J connectivity index is 1.77. The maximum absolute atomic E-state index is 13.7. The third-order valence-corrected chi connectivity index (χ3v) is 6.98. The number of thiophene rings is 1. The highest BCUT2D eigenvalue weighted by atomic mass is 32.1. The number of benzene rings is 1. The molecular formula is C21H24FN4OS+. The van der Waals surface area contributed by atoms with Crippen molar-refractivity contribution < 1.29 is 9.71 Å². The minimum Gasteiger partial charge on any atom is -0.343 e. The molecule has 0 amide bonds. The van der Waals surface area contributed by atoms with Gasteiger partial charge in [0.1, 0.15) is 10.6 Å². The summed E-state index contributed by atoms with van der Waals surface area (Å²) in [5.74, 6) is 0.387. The number of aryl methyl sites for hydroxylation is 2. The Bertz CT molecular complexity index is 1070. The van der Waals surface area contributed by atoms with Crippen LogP contribution in [0.15, 0.2) is 29.1 Å². The Morgan fingerprint density at radius 3 is 2.57 bits per heavy atom. The van der Waals surface area contributed by atoms with Gasteiger partial charge >= 0.3 is 0 Å². The van der Waals surface area contributed by atoms with E-state index in [0.29, 0.717) is 11.6 Å². The first-order chi connectivity index (χ1) is 13.7. The second kappa shape index (κ2) is 7.29. The van der Waals surface area contributed by atoms with Crippen molar-refractivity contribution in [3.05, 3.63) is 50.9 Å². The van der Waals surface area contributed by atoms with E-state index in [4.69, 9.17) is 4.98 Å². The smallest absolute Gasteiger partial charge is 0.268 e. The zero-order chi connectivity index (χ0) is 19.1. The number of fused-ring (bicyclic) bond motifs is 3. The molecule has 0 radical (unpaired) electrons. The second-order valence-electron chi connectivity index (χ2n) is 7.63. The lowest BCUT2D eigenvalue weighted by Crippen LogP contribution is -2.90. The zero-order valence-electron chi connectivity index (χ0n) is 15.8. The van der Waals surface area contributed by atoms with Gasteiger partial charge in [0.25, 0.3) is 5.56 Å². The molecule has 0 atom stereocenters. The first-order valence-corrected chi connectivity index (χ1v) is 10.9. The van der Waals surface area contributed by atoms with Crippen LogP contribution in [0.2, 0.25) is 0 Å². The highest BCUT2D eigenvalue weighted by molar-refractivity contribution is 7.18. The number of quaternary nitrogens is 1. The minimum absolute atomic E-state index is 0.0134. The molecule has 1 aliphatic heterocycles. The average molecular weight is 400 g/mol. The summed E-state index contributed by atoms with van der Waals surface area (Å²) in [5.41, 5.74) is 1.86. The Kier molecular flexibility index (Phi) is 4.64. The summed E-state index contributed by atoms with van der Waals surface area (Å²) in [7, 11) is 0. The summed E-state index contributed by atoms with van der Waals surface area (Å²) >= 11 is 1.69. The van der Waals surface area contributed by atoms with Crippen LogP contribution in [0.4, 0.5) is 10.3 Å². The van der Waals surface area contributed by atoms with Crippen molar-refractivity contribution in [1.82, 2.24) is 9.55 Å². The van der Waals surface area contributed by atoms with Crippen molar-refractivity contribution in [1.29, 1.82) is 0 Å². The van der Waals surface area contributed by atoms with Gasteiger partial charge in [-0.15, -0.1) is 11.3 Å². The summed E-state index contributed by atoms with van der Waals surface area (Å²) in [6.45, 7) is 3.67. The maximum atomic E-state index is 13.7. The molecular weight excluding hydrogens is 375 g/mol. The first-order valence-electron chi connectivity index (χ1n) is 10.1. The monoisotopic (exact) mass is 399 g/mol. The van der Waals surface area contributed by atoms with Crippen LogP contribution in [0.5, 0.6) is 0 Å². The topological polar surface area (TPSA) is 54.7 Å². The second-order valence-corrected chi connectivity index (χ2v) is 8.71. The summed E-state index contributed by atoms with van der Waals surface area (Å²) in [6, 6.07) is 6.17. The van der Waals surface area contributed by atoms with E-state index in [1.54, 1.807) is 28.0 Å². The summed E-state index contributed by atoms with van der Waals surface area (Å²) in [5, 5.41) is 3.06. The first kappa shape index (κ1) is 17.8. The molecule has 5 rings (SSSR count). The molecule has 1 fully saturated rings. The number of hydrogen-bond acceptors (Lipinski definition) is 4. The van der Waals surface area contributed by atoms with E-state index in [2.05, 4.69) is 10.2 Å². The van der Waals surface area contributed by atoms with Gasteiger partial charge < -0.3 is 10.2 Å². The lowest BCUT2D eigenvalue weighted by molar-refractivity contribution is -0.655. The number of hydrogen-bond donors (Lipinski definition) is 1. The molecule has 146 valence electrons. The Labute approximate surface area is 166 Å². The molecule has 0 unspecified atom stereocenters. The molecule has 7 heteroatoms. The lowest BCUT2D eigenvalue weighted by atomic mass is 10.1. The molecule has 3 heterocycles. The molecule has 2 aliphatic rings. The number of nitrogens with zero attached hydrogens (tertiary/aromatic N) is 3. The van der Waals surface area contributed by atoms with Gasteiger partial charge in [0.05, 0.1) is 37.3 Å². The zero-order valence-corrected chi connectivity index (χ0v) is 16.6. The van der Waals surface area contributed by atoms with E-state index in [-0.39, 0.29) is 11.4 Å². The van der Waals surface area contributed by atoms with Gasteiger partial charge in [-0.2, -0.15) is 0 Å². The predicted octanol–water partition coefficient (Wildman–Crippen LogP) is 2.24. The van der Waals surface area contributed by atoms with Crippen molar-refractivity contribution in [3.8, 4) is 5.69 Å². The lowest BCUT2D eigenvalue weighted by Gasteiger charge is -2.28. The molecule has 0 bridgehead atoms. The number of anilines is 1. The number of rotatable bonds is 2. The molecule has 0 spiro atoms. The molecule has 0 saturated carbocycles. The van der Waals surface area contributed by atoms with Crippen molar-refractivity contribution in [2.24, 2.45) is 0 Å². The fourth-order valence-electron chi connectivity index (χ4n) is 4.36. The Morgan fingerprint density at radius 1 is 1.04 bits per heavy atom. The van der Waals surface area contributed by atoms with Crippen molar-refractivity contribution >= 4 is 27.5 Å². The van der Waals surface area contributed by atoms with Gasteiger partial charge in [-0.25, -0.2) is 13.9 Å². The summed E-state index contributed by atoms with van der Waals surface area (Å²) in [4.78, 5) is 23.1. The average Bonchev–Trinajstić information content (AvgIpc) is 2.91. The fourth-order valence-corrected chi connectivity index (χ4v) is 5.60. The molecule has 1 saturated heterocycles. The Hall–Kier alpha value is -2.25. The van der Waals surface area contributed by atoms with Gasteiger partial charge in [0, 0.05) is 4.88 Å². The number of halogens is 1. The van der Waals surface area contributed by atoms with Crippen LogP contribution < -0.4 is 15.8 Å². The summed E-state index contributed by atoms with van der Waals surface area (Å²) in [6.07, 6.45) is 5.51. The van der Waals surface area contributed by atoms with E-state index in [1.807, 2.05) is 0 Å². The van der Waals surface area contributed by atoms with Crippen LogP contribution >= 0.6 is 11.3 Å². The van der Waals surface area contributed by atoms with Crippen LogP contribution in [0.25, 0.3) is 15.9 Å². The van der Waals surface area contributed by atoms with Gasteiger partial charge in [-0.05, 0) is 55.5 Å². The van der Waals surface area contributed by atoms with Gasteiger partial charge in [0.2, 0.25) is 5.95 Å². The van der Waals surface area contributed by atoms with E-state index in [0.717, 1.165) is 55.7 Å². The van der Waals surface area contributed by atoms with Crippen molar-refractivity contribution in [2.45, 2.75) is 32.1 Å². The van der Waals surface area contributed by atoms with Crippen LogP contribution in [-0.2, 0) is 12.8 Å². The van der Waals surface area contributed by atoms with Gasteiger partial charge in [0.15, 0.2) is 0 Å². The number of nitrogens with two attached hydrogens (primary N) is 1. The molecule has 1 aromatic carbocycles. The van der Waals surface area contributed by atoms with Crippen LogP contribution in [0.3, 0.4) is 0 Å². The van der Waals surface area contributed by atoms with Crippen LogP contribution in [0.1, 0.15) is 29.7 Å². The molecule has 1 aliphatic carbocycles. The molecule has 28 heavy (non-hydrogen) atoms. The standard InChI is InChI=1S/C21H23FN4OS/c22-14-6-8-15(9-7-14)26-20(27)18-16-4-2-1-3-5-17(16)28-19(18)24-21(26)25-12-10-23-11-13-25/h6-9,23H,1-5,10-13H2/p+1. The van der Waals surface area contributed by atoms with E-state index < -0.39 is 0 Å². The quantitative estimate of drug-likeness (QED) is 0.673. The van der Waals surface area contributed by atoms with Gasteiger partial charge in [-0.3, -0.25) is 4.79 Å². The van der Waals surface area contributed by atoms with Crippen LogP contribution in [-0.4, -0.2) is 35.7 Å². The largest absolute Gasteiger partial charge is 0.343 e. The van der Waals surface area contributed by atoms with Crippen molar-refractivity contribution in [3.63, 3.8) is 0 Å². The molecule has 3 aromatic rings. The minimum atomic E-state index is -0.302. The number of aromatic nitrogens is 2. The van der Waals surface area contributed by atoms with E-state index in [1.165, 1.54) is 35.4 Å². The fraction of sp³-hybridized carbons (Fsp3) is 0.429. The third-order valence-electron chi connectivity index (χ3n) is 5.80. The third kappa shape index (κ3) is 3.02. The van der Waals surface area contributed by atoms with Crippen molar-refractivity contribution in [2.75, 3.05) is 31.1 Å². The number of piperazine rings is 1. The molecule has 5 nitrogen and oxygen atoms in total. The Morgan fingerprint density at radius 2 is 1.79 bits per heavy atom. The maximum Gasteiger partial charge on any atom is 0.268 e. The SMILES string of the molecule is O=c1c2c3c(sc2nc(N2CC[NH2+]CC2)n1-c1ccc(F)cc1)CCCCC3. The highest BCUT2D eigenvalue weighted by Gasteiger charge is 2.25. The van der Waals surface area contributed by atoms with E-state index >= 15 is 0 Å². The van der Waals surface area contributed by atoms with Crippen LogP contribution in [0, 0.1) is 5.82 Å². The summed E-state index contributed by atoms with van der Waals surface area (Å²) < 4.78 is 15.2. The predicted molar refractivity (Wildman–Crippen MR) is 110 cm³/mol. The normalized spacial score (nSPS) is 17.5. The van der Waals surface area contributed by atoms with Gasteiger partial charge in [-0.1, -0.05) is 6.42 Å². The van der Waals surface area contributed by atoms with E-state index in [9.17, 15) is 9.18 Å². The highest BCUT2D eigenvalue weighted by Crippen LogP contribution is 2.34. The molecule has 2 N–H and O–H groups in total.